The molecular weight excluding hydrogens is 769 g/mol. The monoisotopic (exact) mass is 877 g/mol. The van der Waals surface area contributed by atoms with Gasteiger partial charge in [-0.15, -0.1) is 0 Å². The van der Waals surface area contributed by atoms with Gasteiger partial charge in [0.15, 0.2) is 6.10 Å². The summed E-state index contributed by atoms with van der Waals surface area (Å²) >= 11 is 0. The predicted molar refractivity (Wildman–Crippen MR) is 266 cm³/mol. The molecule has 0 bridgehead atoms. The molecule has 1 atom stereocenters. The molecule has 0 aliphatic carbocycles. The van der Waals surface area contributed by atoms with Gasteiger partial charge in [-0.05, 0) is 25.2 Å². The molecule has 0 fully saturated rings. The van der Waals surface area contributed by atoms with Crippen LogP contribution in [-0.2, 0) is 28.6 Å². The SMILES string of the molecule is CCCCCCCCCCCCCCCCCCCC(=O)OC[C@H](COC(=O)CCCCCCCCCCCC)OC(=O)CCCCCCCCCCCCCCCCC(C)C. The fraction of sp³-hybridized carbons (Fsp3) is 0.946. The number of rotatable bonds is 51. The van der Waals surface area contributed by atoms with Crippen LogP contribution in [0.25, 0.3) is 0 Å². The summed E-state index contributed by atoms with van der Waals surface area (Å²) in [5.74, 6) is 0.00357. The van der Waals surface area contributed by atoms with Crippen LogP contribution in [0.1, 0.15) is 317 Å². The van der Waals surface area contributed by atoms with Crippen LogP contribution in [0.5, 0.6) is 0 Å². The summed E-state index contributed by atoms with van der Waals surface area (Å²) < 4.78 is 16.8. The zero-order valence-corrected chi connectivity index (χ0v) is 42.3. The van der Waals surface area contributed by atoms with E-state index in [0.717, 1.165) is 63.7 Å². The van der Waals surface area contributed by atoms with Crippen molar-refractivity contribution in [3.8, 4) is 0 Å². The third kappa shape index (κ3) is 49.4. The fourth-order valence-corrected chi connectivity index (χ4v) is 8.57. The third-order valence-electron chi connectivity index (χ3n) is 12.8. The van der Waals surface area contributed by atoms with Crippen LogP contribution in [0, 0.1) is 5.92 Å². The highest BCUT2D eigenvalue weighted by atomic mass is 16.6. The van der Waals surface area contributed by atoms with Gasteiger partial charge in [-0.1, -0.05) is 278 Å². The molecule has 0 unspecified atom stereocenters. The molecule has 6 nitrogen and oxygen atoms in total. The van der Waals surface area contributed by atoms with Crippen molar-refractivity contribution < 1.29 is 28.6 Å². The number of hydrogen-bond acceptors (Lipinski definition) is 6. The Bertz CT molecular complexity index is 933. The standard InChI is InChI=1S/C56H108O6/c1-5-7-9-11-13-15-17-18-19-20-21-25-28-32-36-40-44-48-55(58)61-51-53(50-60-54(57)47-43-39-35-31-16-14-12-10-8-6-2)62-56(59)49-45-41-37-33-29-26-23-22-24-27-30-34-38-42-46-52(3)4/h52-53H,5-51H2,1-4H3/t53-/m0/s1. The molecule has 6 heteroatoms. The molecule has 0 amide bonds. The van der Waals surface area contributed by atoms with Crippen molar-refractivity contribution in [3.63, 3.8) is 0 Å². The van der Waals surface area contributed by atoms with E-state index in [1.807, 2.05) is 0 Å². The molecule has 0 aliphatic heterocycles. The molecule has 62 heavy (non-hydrogen) atoms. The van der Waals surface area contributed by atoms with Crippen molar-refractivity contribution in [1.82, 2.24) is 0 Å². The van der Waals surface area contributed by atoms with E-state index in [9.17, 15) is 14.4 Å². The van der Waals surface area contributed by atoms with Gasteiger partial charge in [0.2, 0.25) is 0 Å². The Balaban J connectivity index is 4.25. The number of unbranched alkanes of at least 4 members (excludes halogenated alkanes) is 38. The number of ether oxygens (including phenoxy) is 3. The Labute approximate surface area is 387 Å². The summed E-state index contributed by atoms with van der Waals surface area (Å²) in [5, 5.41) is 0. The van der Waals surface area contributed by atoms with Crippen molar-refractivity contribution in [2.75, 3.05) is 13.2 Å². The molecule has 0 aromatic rings. The van der Waals surface area contributed by atoms with Gasteiger partial charge in [-0.3, -0.25) is 14.4 Å². The molecule has 0 rings (SSSR count). The van der Waals surface area contributed by atoms with E-state index in [4.69, 9.17) is 14.2 Å². The van der Waals surface area contributed by atoms with Gasteiger partial charge in [0.25, 0.3) is 0 Å². The van der Waals surface area contributed by atoms with Crippen LogP contribution >= 0.6 is 0 Å². The maximum atomic E-state index is 12.8. The average molecular weight is 877 g/mol. The first-order valence-electron chi connectivity index (χ1n) is 27.9. The third-order valence-corrected chi connectivity index (χ3v) is 12.8. The van der Waals surface area contributed by atoms with Gasteiger partial charge in [-0.25, -0.2) is 0 Å². The number of carbonyl (C=O) groups is 3. The molecule has 0 aromatic carbocycles. The topological polar surface area (TPSA) is 78.9 Å². The molecule has 0 saturated carbocycles. The van der Waals surface area contributed by atoms with E-state index in [2.05, 4.69) is 27.7 Å². The van der Waals surface area contributed by atoms with Gasteiger partial charge in [-0.2, -0.15) is 0 Å². The second kappa shape index (κ2) is 50.4. The Kier molecular flexibility index (Phi) is 49.1. The highest BCUT2D eigenvalue weighted by Gasteiger charge is 2.19. The van der Waals surface area contributed by atoms with E-state index < -0.39 is 6.10 Å². The van der Waals surface area contributed by atoms with E-state index in [1.54, 1.807) is 0 Å². The quantitative estimate of drug-likeness (QED) is 0.0344. The number of esters is 3. The lowest BCUT2D eigenvalue weighted by Gasteiger charge is -2.18. The smallest absolute Gasteiger partial charge is 0.306 e. The van der Waals surface area contributed by atoms with Crippen molar-refractivity contribution in [1.29, 1.82) is 0 Å². The average Bonchev–Trinajstić information content (AvgIpc) is 3.26. The lowest BCUT2D eigenvalue weighted by molar-refractivity contribution is -0.167. The van der Waals surface area contributed by atoms with Crippen LogP contribution in [0.4, 0.5) is 0 Å². The molecule has 0 spiro atoms. The van der Waals surface area contributed by atoms with Crippen LogP contribution in [0.15, 0.2) is 0 Å². The molecule has 0 saturated heterocycles. The molecule has 0 aliphatic rings. The number of carbonyl (C=O) groups excluding carboxylic acids is 3. The van der Waals surface area contributed by atoms with Gasteiger partial charge in [0.1, 0.15) is 13.2 Å². The summed E-state index contributed by atoms with van der Waals surface area (Å²) in [7, 11) is 0. The van der Waals surface area contributed by atoms with E-state index in [0.29, 0.717) is 19.3 Å². The Hall–Kier alpha value is -1.59. The van der Waals surface area contributed by atoms with Gasteiger partial charge in [0.05, 0.1) is 0 Å². The predicted octanol–water partition coefficient (Wildman–Crippen LogP) is 18.2. The zero-order chi connectivity index (χ0) is 45.2. The van der Waals surface area contributed by atoms with Crippen molar-refractivity contribution in [3.05, 3.63) is 0 Å². The summed E-state index contributed by atoms with van der Waals surface area (Å²) in [6.45, 7) is 9.05. The van der Waals surface area contributed by atoms with Gasteiger partial charge < -0.3 is 14.2 Å². The summed E-state index contributed by atoms with van der Waals surface area (Å²) in [5.41, 5.74) is 0. The molecule has 368 valence electrons. The first kappa shape index (κ1) is 60.4. The second-order valence-electron chi connectivity index (χ2n) is 19.7. The minimum absolute atomic E-state index is 0.0621. The molecule has 0 radical (unpaired) electrons. The normalized spacial score (nSPS) is 12.0. The van der Waals surface area contributed by atoms with Crippen molar-refractivity contribution in [2.24, 2.45) is 5.92 Å². The minimum Gasteiger partial charge on any atom is -0.462 e. The zero-order valence-electron chi connectivity index (χ0n) is 42.3. The van der Waals surface area contributed by atoms with Crippen LogP contribution < -0.4 is 0 Å². The first-order valence-corrected chi connectivity index (χ1v) is 27.9. The highest BCUT2D eigenvalue weighted by molar-refractivity contribution is 5.71. The number of hydrogen-bond donors (Lipinski definition) is 0. The van der Waals surface area contributed by atoms with Gasteiger partial charge >= 0.3 is 17.9 Å². The lowest BCUT2D eigenvalue weighted by atomic mass is 10.0. The Morgan fingerprint density at radius 3 is 0.790 bits per heavy atom. The Morgan fingerprint density at radius 2 is 0.532 bits per heavy atom. The van der Waals surface area contributed by atoms with E-state index in [1.165, 1.54) is 212 Å². The maximum Gasteiger partial charge on any atom is 0.306 e. The van der Waals surface area contributed by atoms with Gasteiger partial charge in [0, 0.05) is 19.3 Å². The van der Waals surface area contributed by atoms with Crippen LogP contribution in [0.2, 0.25) is 0 Å². The summed E-state index contributed by atoms with van der Waals surface area (Å²) in [6.07, 6.45) is 53.8. The first-order chi connectivity index (χ1) is 30.4. The van der Waals surface area contributed by atoms with Crippen molar-refractivity contribution in [2.45, 2.75) is 323 Å². The Morgan fingerprint density at radius 1 is 0.306 bits per heavy atom. The molecule has 0 N–H and O–H groups in total. The minimum atomic E-state index is -0.761. The van der Waals surface area contributed by atoms with Crippen molar-refractivity contribution >= 4 is 17.9 Å². The fourth-order valence-electron chi connectivity index (χ4n) is 8.57. The molecule has 0 heterocycles. The maximum absolute atomic E-state index is 12.8. The lowest BCUT2D eigenvalue weighted by Crippen LogP contribution is -2.30. The second-order valence-corrected chi connectivity index (χ2v) is 19.7. The summed E-state index contributed by atoms with van der Waals surface area (Å²) in [6, 6.07) is 0. The molecule has 0 aromatic heterocycles. The largest absolute Gasteiger partial charge is 0.462 e. The van der Waals surface area contributed by atoms with E-state index >= 15 is 0 Å². The summed E-state index contributed by atoms with van der Waals surface area (Å²) in [4.78, 5) is 38.0. The van der Waals surface area contributed by atoms with Crippen LogP contribution in [-0.4, -0.2) is 37.2 Å². The van der Waals surface area contributed by atoms with Crippen LogP contribution in [0.3, 0.4) is 0 Å². The highest BCUT2D eigenvalue weighted by Crippen LogP contribution is 2.18. The van der Waals surface area contributed by atoms with E-state index in [-0.39, 0.29) is 31.1 Å². The molecular formula is C56H108O6.